The van der Waals surface area contributed by atoms with E-state index in [1.165, 1.54) is 31.9 Å². The van der Waals surface area contributed by atoms with Crippen LogP contribution in [0.15, 0.2) is 35.3 Å². The number of hydrogen-bond acceptors (Lipinski definition) is 3. The normalized spacial score (nSPS) is 18.8. The molecule has 1 aromatic carbocycles. The number of nitrogens with zero attached hydrogens (tertiary/aromatic N) is 2. The molecule has 1 spiro atoms. The van der Waals surface area contributed by atoms with Crippen molar-refractivity contribution >= 4 is 5.91 Å². The van der Waals surface area contributed by atoms with Crippen molar-refractivity contribution in [1.82, 2.24) is 14.9 Å². The van der Waals surface area contributed by atoms with Crippen LogP contribution in [0.25, 0.3) is 11.4 Å². The second-order valence-electron chi connectivity index (χ2n) is 7.52. The summed E-state index contributed by atoms with van der Waals surface area (Å²) in [4.78, 5) is 34.1. The number of H-pyrrole nitrogens is 1. The molecule has 2 fully saturated rings. The third kappa shape index (κ3) is 2.99. The Morgan fingerprint density at radius 1 is 1.16 bits per heavy atom. The maximum Gasteiger partial charge on any atom is 0.264 e. The Morgan fingerprint density at radius 2 is 1.88 bits per heavy atom. The summed E-state index contributed by atoms with van der Waals surface area (Å²) >= 11 is 0. The van der Waals surface area contributed by atoms with Crippen LogP contribution in [0, 0.1) is 12.3 Å². The number of hydrogen-bond donors (Lipinski definition) is 1. The minimum Gasteiger partial charge on any atom is -0.338 e. The molecule has 4 rings (SSSR count). The summed E-state index contributed by atoms with van der Waals surface area (Å²) in [5, 5.41) is 0. The zero-order valence-electron chi connectivity index (χ0n) is 14.5. The molecule has 0 bridgehead atoms. The highest BCUT2D eigenvalue weighted by Crippen LogP contribution is 2.45. The molecule has 5 heteroatoms. The lowest BCUT2D eigenvalue weighted by molar-refractivity contribution is 0.0771. The second-order valence-corrected chi connectivity index (χ2v) is 7.52. The predicted molar refractivity (Wildman–Crippen MR) is 96.5 cm³/mol. The lowest BCUT2D eigenvalue weighted by atomic mass is 9.86. The number of nitrogens with one attached hydrogen (secondary N) is 1. The molecule has 2 heterocycles. The van der Waals surface area contributed by atoms with Crippen LogP contribution in [-0.2, 0) is 0 Å². The van der Waals surface area contributed by atoms with Gasteiger partial charge in [0.2, 0.25) is 0 Å². The van der Waals surface area contributed by atoms with Crippen LogP contribution in [0.4, 0.5) is 0 Å². The number of amides is 1. The fraction of sp³-hybridized carbons (Fsp3) is 0.450. The molecule has 1 aliphatic heterocycles. The fourth-order valence-electron chi connectivity index (χ4n) is 4.22. The van der Waals surface area contributed by atoms with Crippen molar-refractivity contribution < 1.29 is 4.79 Å². The predicted octanol–water partition coefficient (Wildman–Crippen LogP) is 3.15. The second kappa shape index (κ2) is 6.14. The van der Waals surface area contributed by atoms with Gasteiger partial charge in [-0.15, -0.1) is 0 Å². The van der Waals surface area contributed by atoms with Crippen LogP contribution in [0.5, 0.6) is 0 Å². The molecule has 0 unspecified atom stereocenters. The molecule has 1 aliphatic carbocycles. The number of aromatic nitrogens is 2. The van der Waals surface area contributed by atoms with Gasteiger partial charge in [-0.3, -0.25) is 9.59 Å². The molecule has 0 atom stereocenters. The number of rotatable bonds is 2. The molecule has 2 aromatic rings. The molecule has 1 N–H and O–H groups in total. The molecular weight excluding hydrogens is 314 g/mol. The quantitative estimate of drug-likeness (QED) is 0.915. The first-order valence-corrected chi connectivity index (χ1v) is 9.02. The van der Waals surface area contributed by atoms with Gasteiger partial charge in [-0.05, 0) is 31.6 Å². The summed E-state index contributed by atoms with van der Waals surface area (Å²) in [6.07, 6.45) is 7.42. The summed E-state index contributed by atoms with van der Waals surface area (Å²) < 4.78 is 0. The Morgan fingerprint density at radius 3 is 2.56 bits per heavy atom. The number of aryl methyl sites for hydroxylation is 1. The van der Waals surface area contributed by atoms with Gasteiger partial charge in [0.15, 0.2) is 0 Å². The Hall–Kier alpha value is -2.43. The van der Waals surface area contributed by atoms with Crippen LogP contribution >= 0.6 is 0 Å². The van der Waals surface area contributed by atoms with Gasteiger partial charge in [0.1, 0.15) is 11.4 Å². The fourth-order valence-corrected chi connectivity index (χ4v) is 4.22. The van der Waals surface area contributed by atoms with Gasteiger partial charge in [0, 0.05) is 24.8 Å². The van der Waals surface area contributed by atoms with Gasteiger partial charge in [0.25, 0.3) is 11.5 Å². The lowest BCUT2D eigenvalue weighted by Crippen LogP contribution is -2.35. The third-order valence-electron chi connectivity index (χ3n) is 5.74. The minimum absolute atomic E-state index is 0.144. The number of carbonyl (C=O) groups excluding carboxylic acids is 1. The average Bonchev–Trinajstić information content (AvgIpc) is 3.25. The summed E-state index contributed by atoms with van der Waals surface area (Å²) in [7, 11) is 0. The monoisotopic (exact) mass is 337 g/mol. The van der Waals surface area contributed by atoms with E-state index in [-0.39, 0.29) is 17.0 Å². The highest BCUT2D eigenvalue weighted by Gasteiger charge is 2.42. The largest absolute Gasteiger partial charge is 0.338 e. The van der Waals surface area contributed by atoms with Crippen molar-refractivity contribution in [3.8, 4) is 11.4 Å². The van der Waals surface area contributed by atoms with Gasteiger partial charge < -0.3 is 9.88 Å². The van der Waals surface area contributed by atoms with Crippen molar-refractivity contribution in [2.75, 3.05) is 13.1 Å². The summed E-state index contributed by atoms with van der Waals surface area (Å²) in [6, 6.07) is 7.78. The maximum atomic E-state index is 12.8. The first kappa shape index (κ1) is 16.1. The molecule has 1 amide bonds. The maximum absolute atomic E-state index is 12.8. The zero-order chi connectivity index (χ0) is 17.4. The summed E-state index contributed by atoms with van der Waals surface area (Å²) in [6.45, 7) is 3.54. The van der Waals surface area contributed by atoms with E-state index in [1.54, 1.807) is 0 Å². The standard InChI is InChI=1S/C20H23N3O2/c1-14-4-6-15(7-5-14)17-21-12-16(18(24)22-17)19(25)23-11-10-20(13-23)8-2-3-9-20/h4-7,12H,2-3,8-11,13H2,1H3,(H,21,22,24). The molecule has 1 saturated carbocycles. The highest BCUT2D eigenvalue weighted by atomic mass is 16.2. The summed E-state index contributed by atoms with van der Waals surface area (Å²) in [5.41, 5.74) is 2.08. The molecule has 130 valence electrons. The van der Waals surface area contributed by atoms with Crippen molar-refractivity contribution in [3.05, 3.63) is 51.9 Å². The van der Waals surface area contributed by atoms with E-state index in [0.717, 1.165) is 30.6 Å². The molecule has 1 aromatic heterocycles. The Bertz CT molecular complexity index is 848. The van der Waals surface area contributed by atoms with E-state index < -0.39 is 0 Å². The summed E-state index contributed by atoms with van der Waals surface area (Å²) in [5.74, 6) is 0.309. The first-order valence-electron chi connectivity index (χ1n) is 9.02. The van der Waals surface area contributed by atoms with E-state index in [4.69, 9.17) is 0 Å². The first-order chi connectivity index (χ1) is 12.1. The van der Waals surface area contributed by atoms with E-state index in [9.17, 15) is 9.59 Å². The Balaban J connectivity index is 1.56. The molecule has 25 heavy (non-hydrogen) atoms. The smallest absolute Gasteiger partial charge is 0.264 e. The van der Waals surface area contributed by atoms with Crippen LogP contribution in [0.1, 0.15) is 48.0 Å². The highest BCUT2D eigenvalue weighted by molar-refractivity contribution is 5.94. The van der Waals surface area contributed by atoms with Crippen molar-refractivity contribution in [2.24, 2.45) is 5.41 Å². The van der Waals surface area contributed by atoms with Crippen molar-refractivity contribution in [3.63, 3.8) is 0 Å². The third-order valence-corrected chi connectivity index (χ3v) is 5.74. The van der Waals surface area contributed by atoms with E-state index >= 15 is 0 Å². The Kier molecular flexibility index (Phi) is 3.94. The Labute approximate surface area is 147 Å². The zero-order valence-corrected chi connectivity index (χ0v) is 14.5. The number of carbonyl (C=O) groups is 1. The minimum atomic E-state index is -0.358. The van der Waals surface area contributed by atoms with E-state index in [0.29, 0.717) is 11.2 Å². The molecular formula is C20H23N3O2. The lowest BCUT2D eigenvalue weighted by Gasteiger charge is -2.23. The molecule has 1 saturated heterocycles. The molecule has 0 radical (unpaired) electrons. The number of likely N-dealkylation sites (tertiary alicyclic amines) is 1. The average molecular weight is 337 g/mol. The van der Waals surface area contributed by atoms with E-state index in [1.807, 2.05) is 36.1 Å². The van der Waals surface area contributed by atoms with Crippen LogP contribution in [0.2, 0.25) is 0 Å². The van der Waals surface area contributed by atoms with Gasteiger partial charge in [0.05, 0.1) is 0 Å². The van der Waals surface area contributed by atoms with Crippen LogP contribution in [0.3, 0.4) is 0 Å². The topological polar surface area (TPSA) is 66.1 Å². The molecule has 2 aliphatic rings. The number of benzene rings is 1. The van der Waals surface area contributed by atoms with Crippen molar-refractivity contribution in [1.29, 1.82) is 0 Å². The van der Waals surface area contributed by atoms with Crippen LogP contribution in [-0.4, -0.2) is 33.9 Å². The van der Waals surface area contributed by atoms with Gasteiger partial charge in [-0.1, -0.05) is 42.7 Å². The molecule has 5 nitrogen and oxygen atoms in total. The van der Waals surface area contributed by atoms with Gasteiger partial charge in [-0.2, -0.15) is 0 Å². The van der Waals surface area contributed by atoms with Crippen molar-refractivity contribution in [2.45, 2.75) is 39.0 Å². The van der Waals surface area contributed by atoms with Crippen LogP contribution < -0.4 is 5.56 Å². The van der Waals surface area contributed by atoms with Gasteiger partial charge >= 0.3 is 0 Å². The van der Waals surface area contributed by atoms with Gasteiger partial charge in [-0.25, -0.2) is 4.98 Å². The van der Waals surface area contributed by atoms with E-state index in [2.05, 4.69) is 9.97 Å². The SMILES string of the molecule is Cc1ccc(-c2ncc(C(=O)N3CCC4(CCCC4)C3)c(=O)[nH]2)cc1. The number of aromatic amines is 1.